The van der Waals surface area contributed by atoms with Gasteiger partial charge in [-0.1, -0.05) is 48.5 Å². The molecule has 0 aliphatic carbocycles. The molecule has 8 rings (SSSR count). The number of nitrogens with zero attached hydrogens (tertiary/aromatic N) is 4. The number of carboxylic acids is 2. The first-order valence-electron chi connectivity index (χ1n) is 16.7. The molecule has 4 aromatic heterocycles. The van der Waals surface area contributed by atoms with E-state index in [9.17, 15) is 28.6 Å². The molecule has 8 nitrogen and oxygen atoms in total. The van der Waals surface area contributed by atoms with Crippen molar-refractivity contribution >= 4 is 55.6 Å². The zero-order chi connectivity index (χ0) is 36.5. The highest BCUT2D eigenvalue weighted by Gasteiger charge is 2.19. The van der Waals surface area contributed by atoms with Crippen LogP contribution in [0.4, 0.5) is 8.78 Å². The largest absolute Gasteiger partial charge is 0.480 e. The third kappa shape index (κ3) is 6.83. The van der Waals surface area contributed by atoms with Crippen LogP contribution in [0.3, 0.4) is 0 Å². The molecule has 0 spiro atoms. The fourth-order valence-electron chi connectivity index (χ4n) is 6.95. The van der Waals surface area contributed by atoms with Crippen molar-refractivity contribution in [3.8, 4) is 0 Å². The van der Waals surface area contributed by atoms with Gasteiger partial charge in [-0.3, -0.25) is 19.6 Å². The summed E-state index contributed by atoms with van der Waals surface area (Å²) in [6.07, 6.45) is 1.03. The number of aliphatic carboxylic acids is 2. The summed E-state index contributed by atoms with van der Waals surface area (Å²) in [5, 5.41) is 22.0. The van der Waals surface area contributed by atoms with Crippen molar-refractivity contribution in [1.29, 1.82) is 0 Å². The van der Waals surface area contributed by atoms with E-state index in [1.54, 1.807) is 21.3 Å². The molecule has 4 aromatic carbocycles. The van der Waals surface area contributed by atoms with Gasteiger partial charge in [0.15, 0.2) is 0 Å². The Hall–Kier alpha value is -6.42. The first-order valence-corrected chi connectivity index (χ1v) is 16.7. The number of rotatable bonds is 8. The van der Waals surface area contributed by atoms with E-state index in [2.05, 4.69) is 0 Å². The highest BCUT2D eigenvalue weighted by atomic mass is 19.1. The van der Waals surface area contributed by atoms with Crippen molar-refractivity contribution in [1.82, 2.24) is 19.1 Å². The third-order valence-electron chi connectivity index (χ3n) is 9.45. The van der Waals surface area contributed by atoms with Crippen LogP contribution < -0.4 is 0 Å². The van der Waals surface area contributed by atoms with Gasteiger partial charge in [-0.2, -0.15) is 0 Å². The first-order chi connectivity index (χ1) is 25.0. The number of hydrogen-bond donors (Lipinski definition) is 2. The molecule has 0 aliphatic heterocycles. The van der Waals surface area contributed by atoms with Crippen molar-refractivity contribution in [3.63, 3.8) is 0 Å². The Morgan fingerprint density at radius 3 is 1.38 bits per heavy atom. The predicted octanol–water partition coefficient (Wildman–Crippen LogP) is 8.62. The molecule has 52 heavy (non-hydrogen) atoms. The van der Waals surface area contributed by atoms with Crippen LogP contribution >= 0.6 is 0 Å². The number of carbonyl (C=O) groups is 2. The van der Waals surface area contributed by atoms with E-state index in [0.29, 0.717) is 12.8 Å². The molecule has 4 heterocycles. The maximum atomic E-state index is 13.8. The highest BCUT2D eigenvalue weighted by Crippen LogP contribution is 2.30. The van der Waals surface area contributed by atoms with Gasteiger partial charge < -0.3 is 19.3 Å². The number of pyridine rings is 2. The van der Waals surface area contributed by atoms with E-state index >= 15 is 0 Å². The zero-order valence-electron chi connectivity index (χ0n) is 28.5. The van der Waals surface area contributed by atoms with E-state index in [4.69, 9.17) is 9.97 Å². The summed E-state index contributed by atoms with van der Waals surface area (Å²) in [5.41, 5.74) is 8.45. The topological polar surface area (TPSA) is 110 Å². The summed E-state index contributed by atoms with van der Waals surface area (Å²) < 4.78 is 31.1. The number of hydrogen-bond acceptors (Lipinski definition) is 4. The van der Waals surface area contributed by atoms with Crippen LogP contribution in [0.15, 0.2) is 109 Å². The monoisotopic (exact) mass is 696 g/mol. The lowest BCUT2D eigenvalue weighted by Crippen LogP contribution is -2.10. The van der Waals surface area contributed by atoms with Crippen molar-refractivity contribution in [2.45, 2.75) is 39.8 Å². The second-order valence-corrected chi connectivity index (χ2v) is 12.8. The Bertz CT molecular complexity index is 2480. The molecule has 260 valence electrons. The van der Waals surface area contributed by atoms with Gasteiger partial charge in [-0.25, -0.2) is 8.78 Å². The minimum Gasteiger partial charge on any atom is -0.480 e. The first kappa shape index (κ1) is 34.0. The molecule has 0 radical (unpaired) electrons. The van der Waals surface area contributed by atoms with E-state index in [0.717, 1.165) is 77.5 Å². The summed E-state index contributed by atoms with van der Waals surface area (Å²) in [6.45, 7) is 3.44. The molecular weight excluding hydrogens is 662 g/mol. The number of halogens is 2. The van der Waals surface area contributed by atoms with Gasteiger partial charge >= 0.3 is 11.9 Å². The summed E-state index contributed by atoms with van der Waals surface area (Å²) in [5.74, 6) is -2.52. The molecule has 2 N–H and O–H groups in total. The average molecular weight is 697 g/mol. The molecule has 0 amide bonds. The van der Waals surface area contributed by atoms with Crippen LogP contribution in [0.5, 0.6) is 0 Å². The molecule has 0 aliphatic rings. The van der Waals surface area contributed by atoms with Gasteiger partial charge in [0.05, 0.1) is 11.0 Å². The maximum Gasteiger partial charge on any atom is 0.323 e. The summed E-state index contributed by atoms with van der Waals surface area (Å²) in [4.78, 5) is 31.9. The molecule has 0 saturated heterocycles. The van der Waals surface area contributed by atoms with E-state index in [-0.39, 0.29) is 24.7 Å². The number of para-hydroxylation sites is 2. The minimum absolute atomic E-state index is 0.154. The molecule has 10 heteroatoms. The van der Waals surface area contributed by atoms with E-state index < -0.39 is 11.9 Å². The second kappa shape index (κ2) is 14.1. The predicted molar refractivity (Wildman–Crippen MR) is 198 cm³/mol. The average Bonchev–Trinajstić information content (AvgIpc) is 3.51. The van der Waals surface area contributed by atoms with Gasteiger partial charge in [0.2, 0.25) is 0 Å². The Morgan fingerprint density at radius 2 is 0.981 bits per heavy atom. The lowest BCUT2D eigenvalue weighted by Gasteiger charge is -2.06. The number of benzene rings is 4. The zero-order valence-corrected chi connectivity index (χ0v) is 28.5. The molecular formula is C42H34F2N4O4. The van der Waals surface area contributed by atoms with Crippen molar-refractivity contribution in [2.24, 2.45) is 0 Å². The standard InChI is InChI=1S/2C21H17FN2O2/c2*1-13-17(11-16-8-6-14-4-2-3-5-19(14)23-16)18-10-15(22)7-9-20(18)24(13)12-21(25)26/h2*2-10H,11-12H2,1H3,(H,25,26). The Kier molecular flexibility index (Phi) is 9.21. The molecule has 0 saturated carbocycles. The van der Waals surface area contributed by atoms with Crippen LogP contribution in [0.1, 0.15) is 33.9 Å². The van der Waals surface area contributed by atoms with Gasteiger partial charge in [0, 0.05) is 68.2 Å². The van der Waals surface area contributed by atoms with Crippen molar-refractivity contribution in [2.75, 3.05) is 0 Å². The summed E-state index contributed by atoms with van der Waals surface area (Å²) in [6, 6.07) is 32.6. The highest BCUT2D eigenvalue weighted by molar-refractivity contribution is 5.89. The molecule has 0 fully saturated rings. The summed E-state index contributed by atoms with van der Waals surface area (Å²) >= 11 is 0. The quantitative estimate of drug-likeness (QED) is 0.165. The van der Waals surface area contributed by atoms with Crippen LogP contribution in [-0.2, 0) is 35.5 Å². The lowest BCUT2D eigenvalue weighted by atomic mass is 10.0. The Morgan fingerprint density at radius 1 is 0.577 bits per heavy atom. The van der Waals surface area contributed by atoms with Gasteiger partial charge in [-0.15, -0.1) is 0 Å². The van der Waals surface area contributed by atoms with E-state index in [1.165, 1.54) is 24.3 Å². The summed E-state index contributed by atoms with van der Waals surface area (Å²) in [7, 11) is 0. The lowest BCUT2D eigenvalue weighted by molar-refractivity contribution is -0.138. The fourth-order valence-corrected chi connectivity index (χ4v) is 6.95. The third-order valence-corrected chi connectivity index (χ3v) is 9.45. The number of fused-ring (bicyclic) bond motifs is 4. The normalized spacial score (nSPS) is 11.3. The van der Waals surface area contributed by atoms with Gasteiger partial charge in [0.1, 0.15) is 24.7 Å². The SMILES string of the molecule is Cc1c(Cc2ccc3ccccc3n2)c2cc(F)ccc2n1CC(=O)O.Cc1c(Cc2ccc3ccccc3n2)c2cc(F)ccc2n1CC(=O)O. The Balaban J connectivity index is 0.000000162. The minimum atomic E-state index is -0.926. The number of carboxylic acid groups (broad SMARTS) is 2. The molecule has 0 bridgehead atoms. The maximum absolute atomic E-state index is 13.8. The molecule has 0 atom stereocenters. The second-order valence-electron chi connectivity index (χ2n) is 12.8. The van der Waals surface area contributed by atoms with Crippen LogP contribution in [-0.4, -0.2) is 41.3 Å². The van der Waals surface area contributed by atoms with Crippen LogP contribution in [0, 0.1) is 25.5 Å². The number of aromatic nitrogens is 4. The van der Waals surface area contributed by atoms with Crippen molar-refractivity contribution in [3.05, 3.63) is 155 Å². The van der Waals surface area contributed by atoms with Crippen LogP contribution in [0.2, 0.25) is 0 Å². The Labute approximate surface area is 297 Å². The van der Waals surface area contributed by atoms with E-state index in [1.807, 2.05) is 86.6 Å². The fraction of sp³-hybridized carbons (Fsp3) is 0.143. The van der Waals surface area contributed by atoms with Gasteiger partial charge in [-0.05, 0) is 85.6 Å². The smallest absolute Gasteiger partial charge is 0.323 e. The van der Waals surface area contributed by atoms with Crippen LogP contribution in [0.25, 0.3) is 43.6 Å². The van der Waals surface area contributed by atoms with Gasteiger partial charge in [0.25, 0.3) is 0 Å². The molecule has 8 aromatic rings. The van der Waals surface area contributed by atoms with Crippen molar-refractivity contribution < 1.29 is 28.6 Å². The molecule has 0 unspecified atom stereocenters.